The number of nitrogens with two attached hydrogens (primary N) is 1. The Kier molecular flexibility index (Phi) is 3.69. The average molecular weight is 246 g/mol. The molecule has 0 radical (unpaired) electrons. The van der Waals surface area contributed by atoms with Gasteiger partial charge in [0, 0.05) is 0 Å². The van der Waals surface area contributed by atoms with Crippen molar-refractivity contribution in [1.82, 2.24) is 15.2 Å². The zero-order valence-corrected chi connectivity index (χ0v) is 9.96. The summed E-state index contributed by atoms with van der Waals surface area (Å²) in [4.78, 5) is 15.4. The topological polar surface area (TPSA) is 93.9 Å². The molecule has 1 aromatic heterocycles. The first kappa shape index (κ1) is 12.3. The van der Waals surface area contributed by atoms with Gasteiger partial charge in [-0.25, -0.2) is 9.78 Å². The van der Waals surface area contributed by atoms with Crippen molar-refractivity contribution in [2.45, 2.75) is 13.0 Å². The molecule has 0 unspecified atom stereocenters. The molecule has 6 nitrogen and oxygen atoms in total. The maximum Gasteiger partial charge on any atom is 0.378 e. The van der Waals surface area contributed by atoms with Crippen molar-refractivity contribution >= 4 is 5.97 Å². The number of nitrogens with zero attached hydrogens (tertiary/aromatic N) is 2. The smallest absolute Gasteiger partial charge is 0.378 e. The molecule has 0 aliphatic rings. The molecule has 0 aliphatic heterocycles. The highest BCUT2D eigenvalue weighted by molar-refractivity contribution is 5.84. The molecule has 1 heterocycles. The molecule has 0 spiro atoms. The van der Waals surface area contributed by atoms with Gasteiger partial charge in [0.25, 0.3) is 5.82 Å². The molecule has 0 aliphatic carbocycles. The van der Waals surface area contributed by atoms with Crippen molar-refractivity contribution in [2.75, 3.05) is 6.61 Å². The van der Waals surface area contributed by atoms with Gasteiger partial charge in [-0.1, -0.05) is 30.3 Å². The van der Waals surface area contributed by atoms with Gasteiger partial charge in [0.15, 0.2) is 0 Å². The van der Waals surface area contributed by atoms with Crippen LogP contribution in [0.25, 0.3) is 0 Å². The van der Waals surface area contributed by atoms with Crippen LogP contribution in [0.5, 0.6) is 0 Å². The van der Waals surface area contributed by atoms with E-state index >= 15 is 0 Å². The molecular formula is C12H14N4O2. The lowest BCUT2D eigenvalue weighted by molar-refractivity contribution is 0.0512. The standard InChI is InChI=1S/C12H14N4O2/c1-2-18-12(17)11-14-10(15-16-11)9(13)8-6-4-3-5-7-8/h3-7,9H,2,13H2,1H3,(H,14,15,16)/t9-/m0/s1. The largest absolute Gasteiger partial charge is 0.460 e. The molecule has 0 saturated heterocycles. The van der Waals surface area contributed by atoms with Gasteiger partial charge in [0.2, 0.25) is 0 Å². The van der Waals surface area contributed by atoms with Crippen LogP contribution in [0.3, 0.4) is 0 Å². The Balaban J connectivity index is 2.17. The van der Waals surface area contributed by atoms with E-state index in [0.717, 1.165) is 5.56 Å². The molecule has 6 heteroatoms. The zero-order valence-electron chi connectivity index (χ0n) is 9.96. The van der Waals surface area contributed by atoms with Crippen LogP contribution >= 0.6 is 0 Å². The summed E-state index contributed by atoms with van der Waals surface area (Å²) in [6, 6.07) is 9.01. The minimum Gasteiger partial charge on any atom is -0.460 e. The fourth-order valence-corrected chi connectivity index (χ4v) is 1.52. The van der Waals surface area contributed by atoms with E-state index in [4.69, 9.17) is 10.5 Å². The zero-order chi connectivity index (χ0) is 13.0. The number of rotatable bonds is 4. The predicted molar refractivity (Wildman–Crippen MR) is 64.8 cm³/mol. The van der Waals surface area contributed by atoms with Gasteiger partial charge in [-0.2, -0.15) is 0 Å². The summed E-state index contributed by atoms with van der Waals surface area (Å²) in [5, 5.41) is 6.45. The van der Waals surface area contributed by atoms with E-state index in [1.54, 1.807) is 6.92 Å². The molecule has 1 atom stereocenters. The van der Waals surface area contributed by atoms with Crippen LogP contribution < -0.4 is 5.73 Å². The molecule has 0 bridgehead atoms. The van der Waals surface area contributed by atoms with Crippen LogP contribution in [-0.2, 0) is 4.74 Å². The van der Waals surface area contributed by atoms with Gasteiger partial charge in [0.05, 0.1) is 12.6 Å². The molecule has 0 fully saturated rings. The SMILES string of the molecule is CCOC(=O)c1n[nH]c([C@@H](N)c2ccccc2)n1. The number of carbonyl (C=O) groups excluding carboxylic acids is 1. The summed E-state index contributed by atoms with van der Waals surface area (Å²) in [5.41, 5.74) is 6.91. The second-order valence-electron chi connectivity index (χ2n) is 3.65. The van der Waals surface area contributed by atoms with Gasteiger partial charge >= 0.3 is 5.97 Å². The molecule has 0 amide bonds. The van der Waals surface area contributed by atoms with Crippen LogP contribution in [0, 0.1) is 0 Å². The van der Waals surface area contributed by atoms with Crippen molar-refractivity contribution in [3.63, 3.8) is 0 Å². The number of ether oxygens (including phenoxy) is 1. The Morgan fingerprint density at radius 3 is 2.83 bits per heavy atom. The van der Waals surface area contributed by atoms with Crippen molar-refractivity contribution < 1.29 is 9.53 Å². The Morgan fingerprint density at radius 1 is 1.44 bits per heavy atom. The maximum atomic E-state index is 11.4. The highest BCUT2D eigenvalue weighted by Crippen LogP contribution is 2.15. The van der Waals surface area contributed by atoms with E-state index in [9.17, 15) is 4.79 Å². The maximum absolute atomic E-state index is 11.4. The molecule has 18 heavy (non-hydrogen) atoms. The third-order valence-electron chi connectivity index (χ3n) is 2.41. The van der Waals surface area contributed by atoms with E-state index in [-0.39, 0.29) is 12.4 Å². The molecule has 0 saturated carbocycles. The fourth-order valence-electron chi connectivity index (χ4n) is 1.52. The number of benzene rings is 1. The molecular weight excluding hydrogens is 232 g/mol. The second-order valence-corrected chi connectivity index (χ2v) is 3.65. The Labute approximate surface area is 104 Å². The van der Waals surface area contributed by atoms with Crippen molar-refractivity contribution in [3.05, 3.63) is 47.5 Å². The van der Waals surface area contributed by atoms with Crippen LogP contribution in [-0.4, -0.2) is 27.8 Å². The number of hydrogen-bond acceptors (Lipinski definition) is 5. The summed E-state index contributed by atoms with van der Waals surface area (Å²) < 4.78 is 4.80. The summed E-state index contributed by atoms with van der Waals surface area (Å²) in [6.07, 6.45) is 0. The molecule has 94 valence electrons. The molecule has 2 rings (SSSR count). The number of H-pyrrole nitrogens is 1. The highest BCUT2D eigenvalue weighted by atomic mass is 16.5. The first-order chi connectivity index (χ1) is 8.72. The minimum atomic E-state index is -0.555. The third-order valence-corrected chi connectivity index (χ3v) is 2.41. The molecule has 1 aromatic carbocycles. The van der Waals surface area contributed by atoms with Crippen molar-refractivity contribution in [1.29, 1.82) is 0 Å². The van der Waals surface area contributed by atoms with Crippen molar-refractivity contribution in [3.8, 4) is 0 Å². The third kappa shape index (κ3) is 2.54. The summed E-state index contributed by atoms with van der Waals surface area (Å²) in [5.74, 6) is -0.122. The highest BCUT2D eigenvalue weighted by Gasteiger charge is 2.18. The predicted octanol–water partition coefficient (Wildman–Crippen LogP) is 1.03. The van der Waals surface area contributed by atoms with E-state index in [1.165, 1.54) is 0 Å². The summed E-state index contributed by atoms with van der Waals surface area (Å²) in [6.45, 7) is 2.01. The molecule has 2 aromatic rings. The summed E-state index contributed by atoms with van der Waals surface area (Å²) in [7, 11) is 0. The number of aromatic nitrogens is 3. The lowest BCUT2D eigenvalue weighted by atomic mass is 10.1. The van der Waals surface area contributed by atoms with Crippen LogP contribution in [0.4, 0.5) is 0 Å². The van der Waals surface area contributed by atoms with Gasteiger partial charge in [0.1, 0.15) is 5.82 Å². The lowest BCUT2D eigenvalue weighted by Gasteiger charge is -2.07. The van der Waals surface area contributed by atoms with Crippen molar-refractivity contribution in [2.24, 2.45) is 5.73 Å². The Morgan fingerprint density at radius 2 is 2.17 bits per heavy atom. The van der Waals surface area contributed by atoms with E-state index in [0.29, 0.717) is 5.82 Å². The normalized spacial score (nSPS) is 12.1. The number of nitrogens with one attached hydrogen (secondary N) is 1. The second kappa shape index (κ2) is 5.42. The minimum absolute atomic E-state index is 0.00164. The Hall–Kier alpha value is -2.21. The number of hydrogen-bond donors (Lipinski definition) is 2. The van der Waals surface area contributed by atoms with Crippen LogP contribution in [0.15, 0.2) is 30.3 Å². The number of aromatic amines is 1. The lowest BCUT2D eigenvalue weighted by Crippen LogP contribution is -2.14. The van der Waals surface area contributed by atoms with Gasteiger partial charge < -0.3 is 10.5 Å². The number of carbonyl (C=O) groups is 1. The van der Waals surface area contributed by atoms with E-state index in [2.05, 4.69) is 15.2 Å². The summed E-state index contributed by atoms with van der Waals surface area (Å²) >= 11 is 0. The number of esters is 1. The molecule has 3 N–H and O–H groups in total. The van der Waals surface area contributed by atoms with Crippen LogP contribution in [0.1, 0.15) is 35.0 Å². The van der Waals surface area contributed by atoms with Gasteiger partial charge in [-0.3, -0.25) is 5.10 Å². The van der Waals surface area contributed by atoms with E-state index < -0.39 is 12.0 Å². The first-order valence-corrected chi connectivity index (χ1v) is 5.62. The van der Waals surface area contributed by atoms with E-state index in [1.807, 2.05) is 30.3 Å². The monoisotopic (exact) mass is 246 g/mol. The fraction of sp³-hybridized carbons (Fsp3) is 0.250. The first-order valence-electron chi connectivity index (χ1n) is 5.62. The Bertz CT molecular complexity index is 524. The van der Waals surface area contributed by atoms with Gasteiger partial charge in [-0.05, 0) is 12.5 Å². The average Bonchev–Trinajstić information content (AvgIpc) is 2.89. The quantitative estimate of drug-likeness (QED) is 0.786. The van der Waals surface area contributed by atoms with Crippen LogP contribution in [0.2, 0.25) is 0 Å². The van der Waals surface area contributed by atoms with Gasteiger partial charge in [-0.15, -0.1) is 5.10 Å².